The molecule has 0 aromatic heterocycles. The van der Waals surface area contributed by atoms with Crippen molar-refractivity contribution in [2.45, 2.75) is 29.2 Å². The first-order valence-corrected chi connectivity index (χ1v) is 12.4. The molecule has 0 saturated carbocycles. The topological polar surface area (TPSA) is 124 Å². The van der Waals surface area contributed by atoms with Crippen LogP contribution in [0.3, 0.4) is 0 Å². The molecular weight excluding hydrogens is 456 g/mol. The molecule has 0 N–H and O–H groups in total. The van der Waals surface area contributed by atoms with Crippen molar-refractivity contribution in [2.75, 3.05) is 25.2 Å². The van der Waals surface area contributed by atoms with Crippen LogP contribution in [-0.4, -0.2) is 61.3 Å². The SMILES string of the molecule is Cc1ccc(Sc2ccc(C(=O)OCC(=O)N(C)[C@@H]3CCS(=O)(=O)C3)cc2[N+](=O)[O-])cc1. The first-order valence-electron chi connectivity index (χ1n) is 9.72. The molecule has 9 nitrogen and oxygen atoms in total. The highest BCUT2D eigenvalue weighted by Gasteiger charge is 2.33. The molecule has 2 aromatic rings. The molecule has 2 aromatic carbocycles. The number of likely N-dealkylation sites (N-methyl/N-ethyl adjacent to an activating group) is 1. The van der Waals surface area contributed by atoms with Crippen LogP contribution in [0.4, 0.5) is 5.69 Å². The molecule has 11 heteroatoms. The molecule has 1 heterocycles. The van der Waals surface area contributed by atoms with Gasteiger partial charge in [-0.3, -0.25) is 14.9 Å². The fourth-order valence-electron chi connectivity index (χ4n) is 3.20. The number of carbonyl (C=O) groups excluding carboxylic acids is 2. The van der Waals surface area contributed by atoms with Gasteiger partial charge in [0.05, 0.1) is 26.9 Å². The predicted molar refractivity (Wildman–Crippen MR) is 119 cm³/mol. The number of ether oxygens (including phenoxy) is 1. The number of carbonyl (C=O) groups is 2. The number of amides is 1. The first kappa shape index (κ1) is 23.7. The van der Waals surface area contributed by atoms with E-state index in [4.69, 9.17) is 4.74 Å². The second kappa shape index (κ2) is 9.70. The van der Waals surface area contributed by atoms with Crippen LogP contribution in [0.5, 0.6) is 0 Å². The molecule has 0 bridgehead atoms. The molecule has 0 spiro atoms. The quantitative estimate of drug-likeness (QED) is 0.338. The van der Waals surface area contributed by atoms with Crippen molar-refractivity contribution in [1.82, 2.24) is 4.90 Å². The van der Waals surface area contributed by atoms with Gasteiger partial charge < -0.3 is 9.64 Å². The molecule has 1 atom stereocenters. The second-order valence-corrected chi connectivity index (χ2v) is 10.8. The van der Waals surface area contributed by atoms with Gasteiger partial charge in [0.2, 0.25) is 0 Å². The maximum atomic E-state index is 12.4. The zero-order valence-electron chi connectivity index (χ0n) is 17.5. The van der Waals surface area contributed by atoms with Gasteiger partial charge in [0.25, 0.3) is 11.6 Å². The van der Waals surface area contributed by atoms with Crippen molar-refractivity contribution >= 4 is 39.2 Å². The summed E-state index contributed by atoms with van der Waals surface area (Å²) in [6, 6.07) is 11.0. The largest absolute Gasteiger partial charge is 0.452 e. The maximum absolute atomic E-state index is 12.4. The van der Waals surface area contributed by atoms with Crippen molar-refractivity contribution in [3.8, 4) is 0 Å². The van der Waals surface area contributed by atoms with E-state index in [1.165, 1.54) is 35.8 Å². The molecular formula is C21H22N2O7S2. The van der Waals surface area contributed by atoms with E-state index < -0.39 is 39.3 Å². The van der Waals surface area contributed by atoms with E-state index in [0.717, 1.165) is 16.5 Å². The Kier molecular flexibility index (Phi) is 7.19. The van der Waals surface area contributed by atoms with Gasteiger partial charge >= 0.3 is 5.97 Å². The van der Waals surface area contributed by atoms with E-state index >= 15 is 0 Å². The molecule has 32 heavy (non-hydrogen) atoms. The van der Waals surface area contributed by atoms with Gasteiger partial charge in [0.1, 0.15) is 0 Å². The van der Waals surface area contributed by atoms with E-state index in [2.05, 4.69) is 0 Å². The highest BCUT2D eigenvalue weighted by molar-refractivity contribution is 7.99. The number of rotatable bonds is 7. The first-order chi connectivity index (χ1) is 15.1. The maximum Gasteiger partial charge on any atom is 0.338 e. The Morgan fingerprint density at radius 2 is 1.91 bits per heavy atom. The molecule has 1 aliphatic rings. The summed E-state index contributed by atoms with van der Waals surface area (Å²) in [5.41, 5.74) is 0.769. The van der Waals surface area contributed by atoms with Gasteiger partial charge in [-0.2, -0.15) is 0 Å². The summed E-state index contributed by atoms with van der Waals surface area (Å²) in [4.78, 5) is 38.0. The number of nitro groups is 1. The summed E-state index contributed by atoms with van der Waals surface area (Å²) in [7, 11) is -1.70. The lowest BCUT2D eigenvalue weighted by Gasteiger charge is -2.23. The lowest BCUT2D eigenvalue weighted by Crippen LogP contribution is -2.40. The number of aryl methyl sites for hydroxylation is 1. The molecule has 1 amide bonds. The Hall–Kier alpha value is -2.92. The third kappa shape index (κ3) is 5.86. The Labute approximate surface area is 189 Å². The molecule has 3 rings (SSSR count). The van der Waals surface area contributed by atoms with Gasteiger partial charge in [-0.1, -0.05) is 29.5 Å². The van der Waals surface area contributed by atoms with Crippen molar-refractivity contribution in [2.24, 2.45) is 0 Å². The minimum atomic E-state index is -3.16. The number of hydrogen-bond acceptors (Lipinski definition) is 8. The Morgan fingerprint density at radius 1 is 1.22 bits per heavy atom. The fourth-order valence-corrected chi connectivity index (χ4v) is 5.88. The van der Waals surface area contributed by atoms with Crippen LogP contribution in [0.2, 0.25) is 0 Å². The highest BCUT2D eigenvalue weighted by atomic mass is 32.2. The Bertz CT molecular complexity index is 1150. The van der Waals surface area contributed by atoms with Gasteiger partial charge in [0, 0.05) is 24.1 Å². The van der Waals surface area contributed by atoms with Gasteiger partial charge in [-0.25, -0.2) is 13.2 Å². The predicted octanol–water partition coefficient (Wildman–Crippen LogP) is 2.86. The zero-order chi connectivity index (χ0) is 23.5. The van der Waals surface area contributed by atoms with E-state index in [9.17, 15) is 28.1 Å². The zero-order valence-corrected chi connectivity index (χ0v) is 19.1. The third-order valence-electron chi connectivity index (χ3n) is 5.12. The summed E-state index contributed by atoms with van der Waals surface area (Å²) in [5, 5.41) is 11.5. The monoisotopic (exact) mass is 478 g/mol. The molecule has 0 unspecified atom stereocenters. The lowest BCUT2D eigenvalue weighted by molar-refractivity contribution is -0.387. The highest BCUT2D eigenvalue weighted by Crippen LogP contribution is 2.35. The van der Waals surface area contributed by atoms with Gasteiger partial charge in [-0.15, -0.1) is 0 Å². The van der Waals surface area contributed by atoms with Crippen LogP contribution in [0.1, 0.15) is 22.3 Å². The standard InChI is InChI=1S/C21H22N2O7S2/c1-14-3-6-17(7-4-14)31-19-8-5-15(11-18(19)23(26)27)21(25)30-12-20(24)22(2)16-9-10-32(28,29)13-16/h3-8,11,16H,9-10,12-13H2,1-2H3/t16-/m1/s1. The van der Waals surface area contributed by atoms with Crippen LogP contribution < -0.4 is 0 Å². The van der Waals surface area contributed by atoms with Crippen LogP contribution in [0.25, 0.3) is 0 Å². The van der Waals surface area contributed by atoms with E-state index in [0.29, 0.717) is 11.3 Å². The van der Waals surface area contributed by atoms with Crippen molar-refractivity contribution < 1.29 is 27.7 Å². The van der Waals surface area contributed by atoms with E-state index in [1.54, 1.807) is 0 Å². The van der Waals surface area contributed by atoms with E-state index in [1.807, 2.05) is 31.2 Å². The number of esters is 1. The third-order valence-corrected chi connectivity index (χ3v) is 7.94. The summed E-state index contributed by atoms with van der Waals surface area (Å²) >= 11 is 1.20. The van der Waals surface area contributed by atoms with Crippen LogP contribution >= 0.6 is 11.8 Å². The molecule has 170 valence electrons. The van der Waals surface area contributed by atoms with Crippen molar-refractivity contribution in [1.29, 1.82) is 0 Å². The Morgan fingerprint density at radius 3 is 2.50 bits per heavy atom. The number of hydrogen-bond donors (Lipinski definition) is 0. The average Bonchev–Trinajstić information content (AvgIpc) is 3.12. The number of nitro benzene ring substituents is 1. The molecule has 1 saturated heterocycles. The molecule has 1 aliphatic heterocycles. The Balaban J connectivity index is 1.66. The summed E-state index contributed by atoms with van der Waals surface area (Å²) in [6.07, 6.45) is 0.338. The smallest absolute Gasteiger partial charge is 0.338 e. The number of nitrogens with zero attached hydrogens (tertiary/aromatic N) is 2. The van der Waals surface area contributed by atoms with Crippen LogP contribution in [0.15, 0.2) is 52.3 Å². The van der Waals surface area contributed by atoms with Crippen LogP contribution in [-0.2, 0) is 19.4 Å². The second-order valence-electron chi connectivity index (χ2n) is 7.49. The van der Waals surface area contributed by atoms with E-state index in [-0.39, 0.29) is 22.8 Å². The summed E-state index contributed by atoms with van der Waals surface area (Å²) in [6.45, 7) is 1.36. The number of sulfone groups is 1. The van der Waals surface area contributed by atoms with Crippen molar-refractivity contribution in [3.05, 3.63) is 63.7 Å². The summed E-state index contributed by atoms with van der Waals surface area (Å²) < 4.78 is 28.2. The lowest BCUT2D eigenvalue weighted by atomic mass is 10.2. The van der Waals surface area contributed by atoms with Crippen LogP contribution in [0, 0.1) is 17.0 Å². The van der Waals surface area contributed by atoms with Crippen molar-refractivity contribution in [3.63, 3.8) is 0 Å². The van der Waals surface area contributed by atoms with Gasteiger partial charge in [0.15, 0.2) is 16.4 Å². The molecule has 0 aliphatic carbocycles. The average molecular weight is 479 g/mol. The minimum absolute atomic E-state index is 0.0195. The number of benzene rings is 2. The van der Waals surface area contributed by atoms with Gasteiger partial charge in [-0.05, 0) is 37.6 Å². The minimum Gasteiger partial charge on any atom is -0.452 e. The fraction of sp³-hybridized carbons (Fsp3) is 0.333. The molecule has 0 radical (unpaired) electrons. The molecule has 1 fully saturated rings. The normalized spacial score (nSPS) is 17.0. The summed E-state index contributed by atoms with van der Waals surface area (Å²) in [5.74, 6) is -1.51.